The minimum Gasteiger partial charge on any atom is -0.370 e. The normalized spacial score (nSPS) is 10.2. The number of anilines is 1. The van der Waals surface area contributed by atoms with Crippen molar-refractivity contribution in [2.75, 3.05) is 25.0 Å². The smallest absolute Gasteiger partial charge is 0.270 e. The number of pyridine rings is 1. The topological polar surface area (TPSA) is 83.1 Å². The summed E-state index contributed by atoms with van der Waals surface area (Å²) < 4.78 is 0. The third kappa shape index (κ3) is 5.69. The van der Waals surface area contributed by atoms with Gasteiger partial charge in [-0.1, -0.05) is 19.9 Å². The molecule has 1 heterocycles. The fourth-order valence-electron chi connectivity index (χ4n) is 1.47. The van der Waals surface area contributed by atoms with Crippen molar-refractivity contribution >= 4 is 17.6 Å². The molecule has 0 radical (unpaired) electrons. The molecule has 20 heavy (non-hydrogen) atoms. The first-order valence-electron chi connectivity index (χ1n) is 6.78. The maximum atomic E-state index is 11.9. The zero-order chi connectivity index (χ0) is 15.0. The Morgan fingerprint density at radius 2 is 2.00 bits per heavy atom. The molecule has 0 saturated carbocycles. The molecule has 0 aliphatic carbocycles. The van der Waals surface area contributed by atoms with Crippen molar-refractivity contribution in [2.24, 2.45) is 5.92 Å². The Balaban J connectivity index is 2.46. The third-order valence-corrected chi connectivity index (χ3v) is 2.46. The molecule has 1 aromatic rings. The largest absolute Gasteiger partial charge is 0.370 e. The van der Waals surface area contributed by atoms with Gasteiger partial charge in [0.1, 0.15) is 11.5 Å². The first-order valence-corrected chi connectivity index (χ1v) is 6.78. The first kappa shape index (κ1) is 15.9. The summed E-state index contributed by atoms with van der Waals surface area (Å²) >= 11 is 0. The van der Waals surface area contributed by atoms with Gasteiger partial charge in [0.25, 0.3) is 5.91 Å². The molecule has 0 bridgehead atoms. The van der Waals surface area contributed by atoms with Crippen molar-refractivity contribution in [3.8, 4) is 0 Å². The Labute approximate surface area is 119 Å². The summed E-state index contributed by atoms with van der Waals surface area (Å²) in [6.45, 7) is 7.26. The molecular formula is C14H22N4O2. The Kier molecular flexibility index (Phi) is 6.49. The van der Waals surface area contributed by atoms with Crippen LogP contribution in [0.25, 0.3) is 0 Å². The van der Waals surface area contributed by atoms with Gasteiger partial charge in [0.2, 0.25) is 5.91 Å². The van der Waals surface area contributed by atoms with Crippen molar-refractivity contribution in [1.82, 2.24) is 15.6 Å². The molecule has 0 aliphatic rings. The molecule has 0 unspecified atom stereocenters. The highest BCUT2D eigenvalue weighted by Crippen LogP contribution is 2.04. The molecule has 0 fully saturated rings. The number of aromatic nitrogens is 1. The van der Waals surface area contributed by atoms with Crippen LogP contribution < -0.4 is 16.0 Å². The Morgan fingerprint density at radius 3 is 2.65 bits per heavy atom. The Morgan fingerprint density at radius 1 is 1.25 bits per heavy atom. The number of hydrogen-bond acceptors (Lipinski definition) is 4. The van der Waals surface area contributed by atoms with Crippen LogP contribution in [0.2, 0.25) is 0 Å². The summed E-state index contributed by atoms with van der Waals surface area (Å²) in [6.07, 6.45) is 0. The highest BCUT2D eigenvalue weighted by molar-refractivity contribution is 5.95. The van der Waals surface area contributed by atoms with Gasteiger partial charge in [-0.2, -0.15) is 0 Å². The fourth-order valence-corrected chi connectivity index (χ4v) is 1.47. The number of nitrogens with zero attached hydrogens (tertiary/aromatic N) is 1. The van der Waals surface area contributed by atoms with E-state index in [9.17, 15) is 9.59 Å². The zero-order valence-electron chi connectivity index (χ0n) is 12.2. The van der Waals surface area contributed by atoms with Gasteiger partial charge in [-0.05, 0) is 25.0 Å². The minimum absolute atomic E-state index is 0.0430. The number of rotatable bonds is 7. The second-order valence-electron chi connectivity index (χ2n) is 4.82. The molecule has 1 rings (SSSR count). The molecule has 3 N–H and O–H groups in total. The standard InChI is InChI=1S/C14H22N4O2/c1-4-15-12-7-5-6-11(18-12)14(20)17-9-13(19)16-8-10(2)3/h5-7,10H,4,8-9H2,1-3H3,(H,15,18)(H,16,19)(H,17,20). The van der Waals surface area contributed by atoms with Crippen molar-refractivity contribution in [2.45, 2.75) is 20.8 Å². The van der Waals surface area contributed by atoms with E-state index in [0.717, 1.165) is 6.54 Å². The minimum atomic E-state index is -0.357. The van der Waals surface area contributed by atoms with Gasteiger partial charge in [0, 0.05) is 13.1 Å². The lowest BCUT2D eigenvalue weighted by atomic mass is 10.2. The van der Waals surface area contributed by atoms with E-state index in [1.165, 1.54) is 0 Å². The molecule has 6 nitrogen and oxygen atoms in total. The molecule has 1 aromatic heterocycles. The molecule has 0 aliphatic heterocycles. The molecule has 0 aromatic carbocycles. The number of amides is 2. The van der Waals surface area contributed by atoms with Crippen LogP contribution in [0.1, 0.15) is 31.3 Å². The van der Waals surface area contributed by atoms with Crippen molar-refractivity contribution in [3.05, 3.63) is 23.9 Å². The lowest BCUT2D eigenvalue weighted by Crippen LogP contribution is -2.38. The molecule has 0 atom stereocenters. The second-order valence-corrected chi connectivity index (χ2v) is 4.82. The molecule has 6 heteroatoms. The van der Waals surface area contributed by atoms with Crippen LogP contribution in [0.3, 0.4) is 0 Å². The summed E-state index contributed by atoms with van der Waals surface area (Å²) in [7, 11) is 0. The summed E-state index contributed by atoms with van der Waals surface area (Å²) in [6, 6.07) is 5.15. The predicted molar refractivity (Wildman–Crippen MR) is 78.6 cm³/mol. The van der Waals surface area contributed by atoms with E-state index >= 15 is 0 Å². The Bertz CT molecular complexity index is 460. The molecular weight excluding hydrogens is 256 g/mol. The number of nitrogens with one attached hydrogen (secondary N) is 3. The summed E-state index contributed by atoms with van der Waals surface area (Å²) in [4.78, 5) is 27.5. The van der Waals surface area contributed by atoms with E-state index in [1.54, 1.807) is 18.2 Å². The van der Waals surface area contributed by atoms with E-state index < -0.39 is 0 Å². The maximum Gasteiger partial charge on any atom is 0.270 e. The van der Waals surface area contributed by atoms with Gasteiger partial charge in [-0.25, -0.2) is 4.98 Å². The number of hydrogen-bond donors (Lipinski definition) is 3. The molecule has 0 saturated heterocycles. The summed E-state index contributed by atoms with van der Waals surface area (Å²) in [5.41, 5.74) is 0.292. The van der Waals surface area contributed by atoms with Crippen LogP contribution >= 0.6 is 0 Å². The lowest BCUT2D eigenvalue weighted by molar-refractivity contribution is -0.120. The average molecular weight is 278 g/mol. The van der Waals surface area contributed by atoms with Crippen LogP contribution in [0.5, 0.6) is 0 Å². The van der Waals surface area contributed by atoms with Gasteiger partial charge >= 0.3 is 0 Å². The van der Waals surface area contributed by atoms with Crippen LogP contribution in [0.4, 0.5) is 5.82 Å². The van der Waals surface area contributed by atoms with Crippen molar-refractivity contribution in [1.29, 1.82) is 0 Å². The van der Waals surface area contributed by atoms with Gasteiger partial charge in [-0.3, -0.25) is 9.59 Å². The van der Waals surface area contributed by atoms with E-state index in [0.29, 0.717) is 24.0 Å². The second kappa shape index (κ2) is 8.14. The molecule has 2 amide bonds. The van der Waals surface area contributed by atoms with Crippen molar-refractivity contribution in [3.63, 3.8) is 0 Å². The molecule has 110 valence electrons. The average Bonchev–Trinajstić information content (AvgIpc) is 2.43. The monoisotopic (exact) mass is 278 g/mol. The SMILES string of the molecule is CCNc1cccc(C(=O)NCC(=O)NCC(C)C)n1. The summed E-state index contributed by atoms with van der Waals surface area (Å²) in [5.74, 6) is 0.469. The van der Waals surface area contributed by atoms with Gasteiger partial charge in [0.15, 0.2) is 0 Å². The van der Waals surface area contributed by atoms with Crippen LogP contribution in [-0.2, 0) is 4.79 Å². The van der Waals surface area contributed by atoms with Gasteiger partial charge in [0.05, 0.1) is 6.54 Å². The van der Waals surface area contributed by atoms with Gasteiger partial charge < -0.3 is 16.0 Å². The molecule has 0 spiro atoms. The number of carbonyl (C=O) groups is 2. The predicted octanol–water partition coefficient (Wildman–Crippen LogP) is 1.02. The van der Waals surface area contributed by atoms with Crippen LogP contribution in [0, 0.1) is 5.92 Å². The van der Waals surface area contributed by atoms with Crippen LogP contribution in [-0.4, -0.2) is 36.4 Å². The first-order chi connectivity index (χ1) is 9.52. The van der Waals surface area contributed by atoms with E-state index in [4.69, 9.17) is 0 Å². The van der Waals surface area contributed by atoms with E-state index in [2.05, 4.69) is 20.9 Å². The Hall–Kier alpha value is -2.11. The number of carbonyl (C=O) groups excluding carboxylic acids is 2. The zero-order valence-corrected chi connectivity index (χ0v) is 12.2. The highest BCUT2D eigenvalue weighted by Gasteiger charge is 2.09. The maximum absolute atomic E-state index is 11.9. The highest BCUT2D eigenvalue weighted by atomic mass is 16.2. The van der Waals surface area contributed by atoms with E-state index in [1.807, 2.05) is 20.8 Å². The lowest BCUT2D eigenvalue weighted by Gasteiger charge is -2.09. The van der Waals surface area contributed by atoms with Crippen molar-refractivity contribution < 1.29 is 9.59 Å². The third-order valence-electron chi connectivity index (χ3n) is 2.46. The van der Waals surface area contributed by atoms with Crippen LogP contribution in [0.15, 0.2) is 18.2 Å². The van der Waals surface area contributed by atoms with Gasteiger partial charge in [-0.15, -0.1) is 0 Å². The summed E-state index contributed by atoms with van der Waals surface area (Å²) in [5, 5.41) is 8.31. The van der Waals surface area contributed by atoms with E-state index in [-0.39, 0.29) is 18.4 Å². The fraction of sp³-hybridized carbons (Fsp3) is 0.500. The quantitative estimate of drug-likeness (QED) is 0.695.